The van der Waals surface area contributed by atoms with Gasteiger partial charge in [-0.25, -0.2) is 15.0 Å². The van der Waals surface area contributed by atoms with Crippen molar-refractivity contribution in [2.45, 2.75) is 65.0 Å². The van der Waals surface area contributed by atoms with E-state index in [0.717, 1.165) is 72.8 Å². The van der Waals surface area contributed by atoms with Gasteiger partial charge in [0.1, 0.15) is 34.4 Å². The number of anilines is 3. The molecule has 0 radical (unpaired) electrons. The number of nitrogens with one attached hydrogen (secondary N) is 3. The van der Waals surface area contributed by atoms with Crippen LogP contribution in [0.15, 0.2) is 137 Å². The molecule has 0 spiro atoms. The molecular formula is C71H88BrN11O13. The number of amides is 2. The lowest BCUT2D eigenvalue weighted by Crippen LogP contribution is -2.47. The van der Waals surface area contributed by atoms with E-state index in [1.165, 1.54) is 12.3 Å². The van der Waals surface area contributed by atoms with E-state index in [9.17, 15) is 24.4 Å². The summed E-state index contributed by atoms with van der Waals surface area (Å²) in [6.07, 6.45) is 11.6. The van der Waals surface area contributed by atoms with Crippen LogP contribution in [-0.2, 0) is 58.9 Å². The molecule has 1 fully saturated rings. The minimum Gasteiger partial charge on any atom is -0.488 e. The summed E-state index contributed by atoms with van der Waals surface area (Å²) in [7, 11) is 0. The number of benzene rings is 3. The van der Waals surface area contributed by atoms with E-state index >= 15 is 0 Å². The zero-order chi connectivity index (χ0) is 67.6. The Morgan fingerprint density at radius 2 is 1.34 bits per heavy atom. The molecule has 7 rings (SSSR count). The van der Waals surface area contributed by atoms with Crippen LogP contribution in [0.4, 0.5) is 17.3 Å². The SMILES string of the molecule is CCCC(NC(=O)/C(C#N)=C/c1cccc(Br)n1)c1ccc(OCC=NOCC(=O)CCCOCCOCCOCCOCCOCCOCCOCCCC(=O)CN2CCN(Cc3ccc(C(=O)Nc4ccc(C)c(Nc5nccc(-c6cccnc6)n5)c4)cc3)CC2)cc1. The molecule has 1 aliphatic heterocycles. The van der Waals surface area contributed by atoms with Gasteiger partial charge in [0.2, 0.25) is 5.95 Å². The molecular weight excluding hydrogens is 1290 g/mol. The molecule has 0 aliphatic carbocycles. The van der Waals surface area contributed by atoms with Gasteiger partial charge in [-0.15, -0.1) is 0 Å². The Morgan fingerprint density at radius 3 is 1.96 bits per heavy atom. The molecule has 1 unspecified atom stereocenters. The molecule has 1 atom stereocenters. The van der Waals surface area contributed by atoms with Gasteiger partial charge in [-0.05, 0) is 132 Å². The largest absolute Gasteiger partial charge is 0.488 e. The Bertz CT molecular complexity index is 3390. The quantitative estimate of drug-likeness (QED) is 0.00800. The number of oxime groups is 1. The summed E-state index contributed by atoms with van der Waals surface area (Å²) in [6.45, 7) is 14.7. The number of nitriles is 1. The molecule has 3 N–H and O–H groups in total. The van der Waals surface area contributed by atoms with Crippen LogP contribution in [0, 0.1) is 18.3 Å². The fourth-order valence-electron chi connectivity index (χ4n) is 9.71. The van der Waals surface area contributed by atoms with E-state index in [1.54, 1.807) is 48.9 Å². The van der Waals surface area contributed by atoms with Gasteiger partial charge in [-0.3, -0.25) is 34.0 Å². The number of carbonyl (C=O) groups excluding carboxylic acids is 4. The molecule has 96 heavy (non-hydrogen) atoms. The third kappa shape index (κ3) is 29.4. The average molecular weight is 1380 g/mol. The Hall–Kier alpha value is -8.26. The van der Waals surface area contributed by atoms with Crippen LogP contribution in [-0.4, -0.2) is 198 Å². The lowest BCUT2D eigenvalue weighted by molar-refractivity contribution is -0.124. The lowest BCUT2D eigenvalue weighted by Gasteiger charge is -2.34. The number of pyridine rings is 2. The first kappa shape index (κ1) is 75.1. The maximum atomic E-state index is 13.3. The van der Waals surface area contributed by atoms with E-state index in [1.807, 2.05) is 92.7 Å². The van der Waals surface area contributed by atoms with Crippen LogP contribution >= 0.6 is 15.9 Å². The lowest BCUT2D eigenvalue weighted by atomic mass is 10.0. The number of hydrogen-bond acceptors (Lipinski definition) is 22. The predicted molar refractivity (Wildman–Crippen MR) is 368 cm³/mol. The van der Waals surface area contributed by atoms with Gasteiger partial charge >= 0.3 is 0 Å². The first-order chi connectivity index (χ1) is 47.0. The number of halogens is 1. The van der Waals surface area contributed by atoms with Crippen LogP contribution in [0.25, 0.3) is 17.3 Å². The number of aromatic nitrogens is 4. The number of nitrogens with zero attached hydrogens (tertiary/aromatic N) is 8. The summed E-state index contributed by atoms with van der Waals surface area (Å²) in [4.78, 5) is 78.4. The van der Waals surface area contributed by atoms with Gasteiger partial charge in [-0.2, -0.15) is 5.26 Å². The van der Waals surface area contributed by atoms with Gasteiger partial charge in [-0.1, -0.05) is 54.9 Å². The molecule has 0 saturated carbocycles. The second-order valence-corrected chi connectivity index (χ2v) is 23.1. The van der Waals surface area contributed by atoms with Crippen LogP contribution in [0.1, 0.15) is 84.2 Å². The Kier molecular flexibility index (Phi) is 34.8. The normalized spacial score (nSPS) is 13.1. The van der Waals surface area contributed by atoms with Gasteiger partial charge in [0, 0.05) is 99.9 Å². The van der Waals surface area contributed by atoms with Crippen molar-refractivity contribution in [3.8, 4) is 23.1 Å². The third-order valence-corrected chi connectivity index (χ3v) is 15.3. The molecule has 24 nitrogen and oxygen atoms in total. The highest BCUT2D eigenvalue weighted by Crippen LogP contribution is 2.26. The van der Waals surface area contributed by atoms with E-state index in [4.69, 9.17) is 42.7 Å². The van der Waals surface area contributed by atoms with Crippen LogP contribution < -0.4 is 20.7 Å². The molecule has 2 amide bonds. The van der Waals surface area contributed by atoms with Crippen LogP contribution in [0.2, 0.25) is 0 Å². The Morgan fingerprint density at radius 1 is 0.708 bits per heavy atom. The van der Waals surface area contributed by atoms with Gasteiger partial charge < -0.3 is 58.7 Å². The number of piperazine rings is 1. The van der Waals surface area contributed by atoms with E-state index in [-0.39, 0.29) is 42.3 Å². The Balaban J connectivity index is 0.582. The van der Waals surface area contributed by atoms with Crippen molar-refractivity contribution >= 4 is 68.9 Å². The number of Topliss-reactive ketones (excluding diaryl/α,β-unsaturated/α-hetero) is 2. The van der Waals surface area contributed by atoms with E-state index in [0.29, 0.717) is 164 Å². The molecule has 4 heterocycles. The number of rotatable bonds is 47. The zero-order valence-electron chi connectivity index (χ0n) is 54.8. The first-order valence-corrected chi connectivity index (χ1v) is 33.3. The molecule has 25 heteroatoms. The number of aryl methyl sites for hydroxylation is 1. The monoisotopic (exact) mass is 1380 g/mol. The van der Waals surface area contributed by atoms with Crippen molar-refractivity contribution in [2.24, 2.45) is 5.16 Å². The summed E-state index contributed by atoms with van der Waals surface area (Å²) >= 11 is 3.30. The van der Waals surface area contributed by atoms with Crippen molar-refractivity contribution in [3.63, 3.8) is 0 Å². The number of hydrogen-bond donors (Lipinski definition) is 3. The van der Waals surface area contributed by atoms with Crippen molar-refractivity contribution in [1.82, 2.24) is 35.1 Å². The maximum Gasteiger partial charge on any atom is 0.262 e. The smallest absolute Gasteiger partial charge is 0.262 e. The fourth-order valence-corrected chi connectivity index (χ4v) is 10.1. The van der Waals surface area contributed by atoms with E-state index in [2.05, 4.69) is 66.8 Å². The van der Waals surface area contributed by atoms with Crippen molar-refractivity contribution in [1.29, 1.82) is 5.26 Å². The molecule has 512 valence electrons. The van der Waals surface area contributed by atoms with Crippen molar-refractivity contribution in [3.05, 3.63) is 160 Å². The molecule has 1 aliphatic rings. The summed E-state index contributed by atoms with van der Waals surface area (Å²) in [5, 5.41) is 22.7. The fraction of sp³-hybridized carbons (Fsp3) is 0.437. The molecule has 1 saturated heterocycles. The highest BCUT2D eigenvalue weighted by molar-refractivity contribution is 9.10. The summed E-state index contributed by atoms with van der Waals surface area (Å²) in [5.74, 6) is 0.472. The number of carbonyl (C=O) groups is 4. The predicted octanol–water partition coefficient (Wildman–Crippen LogP) is 9.58. The average Bonchev–Trinajstić information content (AvgIpc) is 1.00. The minimum absolute atomic E-state index is 0.0411. The first-order valence-electron chi connectivity index (χ1n) is 32.5. The van der Waals surface area contributed by atoms with Gasteiger partial charge in [0.15, 0.2) is 12.4 Å². The molecule has 3 aromatic carbocycles. The number of ether oxygens (including phenoxy) is 8. The van der Waals surface area contributed by atoms with Gasteiger partial charge in [0.25, 0.3) is 11.8 Å². The summed E-state index contributed by atoms with van der Waals surface area (Å²) < 4.78 is 45.4. The van der Waals surface area contributed by atoms with E-state index < -0.39 is 5.91 Å². The minimum atomic E-state index is -0.480. The molecule has 6 aromatic rings. The highest BCUT2D eigenvalue weighted by Gasteiger charge is 2.21. The maximum absolute atomic E-state index is 13.3. The summed E-state index contributed by atoms with van der Waals surface area (Å²) in [6, 6.07) is 33.3. The van der Waals surface area contributed by atoms with Gasteiger partial charge in [0.05, 0.1) is 109 Å². The molecule has 0 bridgehead atoms. The molecule has 3 aromatic heterocycles. The Labute approximate surface area is 570 Å². The summed E-state index contributed by atoms with van der Waals surface area (Å²) in [5.41, 5.74) is 7.06. The second kappa shape index (κ2) is 44.5. The van der Waals surface area contributed by atoms with Crippen LogP contribution in [0.3, 0.4) is 0 Å². The van der Waals surface area contributed by atoms with Crippen molar-refractivity contribution in [2.75, 3.05) is 149 Å². The van der Waals surface area contributed by atoms with Crippen LogP contribution in [0.5, 0.6) is 5.75 Å². The highest BCUT2D eigenvalue weighted by atomic mass is 79.9. The van der Waals surface area contributed by atoms with Crippen molar-refractivity contribution < 1.29 is 61.9 Å². The number of ketones is 2. The standard InChI is InChI=1S/C71H88BrN11O13/c1-3-8-65(79-70(87)59(49-73)47-60-10-4-13-68(72)77-60)56-19-22-64(23-20-56)95-34-27-76-96-53-63(85)12-7-33-89-36-38-91-40-42-93-44-46-94-45-43-92-41-39-90-37-35-88-32-6-11-62(84)52-83-30-28-82(29-31-83)51-55-15-17-57(18-16-55)69(86)78-61-21-14-54(2)67(48-61)81-71-75-26-24-66(80-71)58-9-5-25-74-50-58/h4-5,9-10,13-27,47-48,50,65H,3,6-8,11-12,28-46,51-53H2,1-2H3,(H,78,86)(H,79,87)(H,75,80,81)/b59-47+,76-27?. The second-order valence-electron chi connectivity index (χ2n) is 22.2. The third-order valence-electron chi connectivity index (χ3n) is 14.8. The topological polar surface area (TPSA) is 282 Å². The zero-order valence-corrected chi connectivity index (χ0v) is 56.4.